The molecule has 0 radical (unpaired) electrons. The van der Waals surface area contributed by atoms with Gasteiger partial charge < -0.3 is 9.47 Å². The summed E-state index contributed by atoms with van der Waals surface area (Å²) in [5.74, 6) is 0.550. The summed E-state index contributed by atoms with van der Waals surface area (Å²) in [6.45, 7) is 7.44. The lowest BCUT2D eigenvalue weighted by atomic mass is 10.1. The predicted molar refractivity (Wildman–Crippen MR) is 116 cm³/mol. The van der Waals surface area contributed by atoms with Gasteiger partial charge in [0.2, 0.25) is 0 Å². The fraction of sp³-hybridized carbons (Fsp3) is 0.875. The molecule has 0 rings (SSSR count). The molecule has 0 aliphatic rings. The van der Waals surface area contributed by atoms with E-state index in [1.54, 1.807) is 0 Å². The zero-order valence-electron chi connectivity index (χ0n) is 18.5. The number of rotatable bonds is 19. The van der Waals surface area contributed by atoms with Crippen LogP contribution in [0, 0.1) is 5.92 Å². The molecule has 0 atom stereocenters. The molecular formula is C24H46O3. The number of allylic oxidation sites excluding steroid dienone is 2. The molecule has 0 saturated carbocycles. The van der Waals surface area contributed by atoms with Gasteiger partial charge in [0.05, 0.1) is 13.2 Å². The van der Waals surface area contributed by atoms with E-state index >= 15 is 0 Å². The fourth-order valence-electron chi connectivity index (χ4n) is 2.92. The number of carbonyl (C=O) groups excluding carboxylic acids is 1. The molecule has 0 spiro atoms. The first-order chi connectivity index (χ1) is 13.2. The van der Waals surface area contributed by atoms with Gasteiger partial charge >= 0.3 is 6.16 Å². The third-order valence-electron chi connectivity index (χ3n) is 4.79. The Balaban J connectivity index is 3.18. The Morgan fingerprint density at radius 3 is 1.74 bits per heavy atom. The number of hydrogen-bond acceptors (Lipinski definition) is 3. The van der Waals surface area contributed by atoms with Crippen LogP contribution in [0.5, 0.6) is 0 Å². The van der Waals surface area contributed by atoms with Crippen LogP contribution in [0.1, 0.15) is 117 Å². The Hall–Kier alpha value is -0.990. The smallest absolute Gasteiger partial charge is 0.434 e. The van der Waals surface area contributed by atoms with Gasteiger partial charge in [-0.05, 0) is 44.4 Å². The van der Waals surface area contributed by atoms with Crippen LogP contribution in [-0.2, 0) is 9.47 Å². The van der Waals surface area contributed by atoms with E-state index in [1.807, 2.05) is 0 Å². The van der Waals surface area contributed by atoms with Crippen molar-refractivity contribution in [2.45, 2.75) is 117 Å². The molecule has 0 aromatic heterocycles. The van der Waals surface area contributed by atoms with Crippen LogP contribution >= 0.6 is 0 Å². The Kier molecular flexibility index (Phi) is 20.5. The quantitative estimate of drug-likeness (QED) is 0.128. The van der Waals surface area contributed by atoms with E-state index in [1.165, 1.54) is 77.0 Å². The summed E-state index contributed by atoms with van der Waals surface area (Å²) in [5.41, 5.74) is 0. The average molecular weight is 383 g/mol. The second-order valence-electron chi connectivity index (χ2n) is 8.07. The van der Waals surface area contributed by atoms with Crippen LogP contribution in [-0.4, -0.2) is 19.4 Å². The zero-order valence-corrected chi connectivity index (χ0v) is 18.5. The van der Waals surface area contributed by atoms with Gasteiger partial charge in [-0.15, -0.1) is 0 Å². The molecule has 0 unspecified atom stereocenters. The molecule has 0 amide bonds. The predicted octanol–water partition coefficient (Wildman–Crippen LogP) is 8.22. The summed E-state index contributed by atoms with van der Waals surface area (Å²) in [5, 5.41) is 0. The monoisotopic (exact) mass is 382 g/mol. The van der Waals surface area contributed by atoms with Crippen molar-refractivity contribution in [3.05, 3.63) is 12.2 Å². The zero-order chi connectivity index (χ0) is 20.0. The van der Waals surface area contributed by atoms with Gasteiger partial charge in [0.15, 0.2) is 0 Å². The molecule has 27 heavy (non-hydrogen) atoms. The van der Waals surface area contributed by atoms with E-state index in [0.717, 1.165) is 19.3 Å². The second kappa shape index (κ2) is 21.3. The van der Waals surface area contributed by atoms with Crippen molar-refractivity contribution >= 4 is 6.16 Å². The van der Waals surface area contributed by atoms with Gasteiger partial charge in [-0.3, -0.25) is 0 Å². The summed E-state index contributed by atoms with van der Waals surface area (Å²) in [7, 11) is 0. The highest BCUT2D eigenvalue weighted by Crippen LogP contribution is 2.10. The lowest BCUT2D eigenvalue weighted by Crippen LogP contribution is -2.10. The summed E-state index contributed by atoms with van der Waals surface area (Å²) in [6.07, 6.45) is 23.1. The molecule has 0 N–H and O–H groups in total. The van der Waals surface area contributed by atoms with Crippen molar-refractivity contribution in [2.75, 3.05) is 13.2 Å². The highest BCUT2D eigenvalue weighted by atomic mass is 16.7. The molecule has 0 aliphatic carbocycles. The van der Waals surface area contributed by atoms with Crippen LogP contribution in [0.25, 0.3) is 0 Å². The van der Waals surface area contributed by atoms with E-state index in [2.05, 4.69) is 32.9 Å². The standard InChI is InChI=1S/C24H46O3/c1-4-5-6-7-8-9-10-11-12-13-14-15-16-17-18-19-21-26-24(25)27-22-20-23(2)3/h11-12,23H,4-10,13-22H2,1-3H3. The van der Waals surface area contributed by atoms with E-state index < -0.39 is 6.16 Å². The first-order valence-electron chi connectivity index (χ1n) is 11.6. The van der Waals surface area contributed by atoms with Crippen molar-refractivity contribution in [3.63, 3.8) is 0 Å². The maximum Gasteiger partial charge on any atom is 0.508 e. The van der Waals surface area contributed by atoms with Crippen molar-refractivity contribution in [3.8, 4) is 0 Å². The molecular weight excluding hydrogens is 336 g/mol. The summed E-state index contributed by atoms with van der Waals surface area (Å²) in [4.78, 5) is 11.3. The number of carbonyl (C=O) groups is 1. The van der Waals surface area contributed by atoms with Crippen LogP contribution < -0.4 is 0 Å². The number of ether oxygens (including phenoxy) is 2. The van der Waals surface area contributed by atoms with Gasteiger partial charge in [-0.1, -0.05) is 90.7 Å². The Morgan fingerprint density at radius 2 is 1.19 bits per heavy atom. The molecule has 160 valence electrons. The summed E-state index contributed by atoms with van der Waals surface area (Å²) < 4.78 is 10.1. The molecule has 0 aromatic rings. The third-order valence-corrected chi connectivity index (χ3v) is 4.79. The average Bonchev–Trinajstić information content (AvgIpc) is 2.64. The van der Waals surface area contributed by atoms with Gasteiger partial charge in [-0.25, -0.2) is 4.79 Å². The topological polar surface area (TPSA) is 35.5 Å². The minimum atomic E-state index is -0.511. The first-order valence-corrected chi connectivity index (χ1v) is 11.6. The second-order valence-corrected chi connectivity index (χ2v) is 8.07. The van der Waals surface area contributed by atoms with Crippen LogP contribution in [0.2, 0.25) is 0 Å². The van der Waals surface area contributed by atoms with Crippen LogP contribution in [0.3, 0.4) is 0 Å². The summed E-state index contributed by atoms with van der Waals surface area (Å²) >= 11 is 0. The minimum absolute atomic E-state index is 0.462. The maximum atomic E-state index is 11.3. The van der Waals surface area contributed by atoms with Gasteiger partial charge in [0.1, 0.15) is 0 Å². The van der Waals surface area contributed by atoms with E-state index in [4.69, 9.17) is 9.47 Å². The molecule has 3 nitrogen and oxygen atoms in total. The number of hydrogen-bond donors (Lipinski definition) is 0. The van der Waals surface area contributed by atoms with Crippen LogP contribution in [0.15, 0.2) is 12.2 Å². The lowest BCUT2D eigenvalue weighted by Gasteiger charge is -2.07. The highest BCUT2D eigenvalue weighted by Gasteiger charge is 2.03. The maximum absolute atomic E-state index is 11.3. The molecule has 0 heterocycles. The van der Waals surface area contributed by atoms with E-state index in [-0.39, 0.29) is 0 Å². The molecule has 3 heteroatoms. The molecule has 0 saturated heterocycles. The highest BCUT2D eigenvalue weighted by molar-refractivity contribution is 5.59. The van der Waals surface area contributed by atoms with Crippen molar-refractivity contribution in [1.82, 2.24) is 0 Å². The minimum Gasteiger partial charge on any atom is -0.434 e. The van der Waals surface area contributed by atoms with E-state index in [9.17, 15) is 4.79 Å². The van der Waals surface area contributed by atoms with E-state index in [0.29, 0.717) is 19.1 Å². The Bertz CT molecular complexity index is 337. The normalized spacial score (nSPS) is 11.4. The third kappa shape index (κ3) is 23.0. The molecule has 0 aliphatic heterocycles. The SMILES string of the molecule is CCCCCCCCC=CCCCCCCCCOC(=O)OCCC(C)C. The number of unbranched alkanes of at least 4 members (excludes halogenated alkanes) is 12. The molecule has 0 aromatic carbocycles. The van der Waals surface area contributed by atoms with Crippen molar-refractivity contribution in [2.24, 2.45) is 5.92 Å². The molecule has 0 bridgehead atoms. The summed E-state index contributed by atoms with van der Waals surface area (Å²) in [6, 6.07) is 0. The lowest BCUT2D eigenvalue weighted by molar-refractivity contribution is 0.0512. The van der Waals surface area contributed by atoms with Crippen LogP contribution in [0.4, 0.5) is 4.79 Å². The first kappa shape index (κ1) is 26.0. The Morgan fingerprint density at radius 1 is 0.704 bits per heavy atom. The fourth-order valence-corrected chi connectivity index (χ4v) is 2.92. The Labute approximate surface area is 169 Å². The van der Waals surface area contributed by atoms with Gasteiger partial charge in [0, 0.05) is 0 Å². The van der Waals surface area contributed by atoms with Crippen molar-refractivity contribution < 1.29 is 14.3 Å². The molecule has 0 fully saturated rings. The van der Waals surface area contributed by atoms with Crippen molar-refractivity contribution in [1.29, 1.82) is 0 Å². The van der Waals surface area contributed by atoms with Gasteiger partial charge in [-0.2, -0.15) is 0 Å². The largest absolute Gasteiger partial charge is 0.508 e. The van der Waals surface area contributed by atoms with Gasteiger partial charge in [0.25, 0.3) is 0 Å².